The first kappa shape index (κ1) is 13.0. The molecule has 1 aliphatic heterocycles. The second kappa shape index (κ2) is 5.20. The Kier molecular flexibility index (Phi) is 3.39. The highest BCUT2D eigenvalue weighted by Gasteiger charge is 2.27. The maximum absolute atomic E-state index is 3.61. The molecule has 0 amide bonds. The van der Waals surface area contributed by atoms with Gasteiger partial charge in [0.15, 0.2) is 0 Å². The van der Waals surface area contributed by atoms with Gasteiger partial charge in [-0.15, -0.1) is 0 Å². The Hall–Kier alpha value is -1.96. The van der Waals surface area contributed by atoms with Crippen molar-refractivity contribution in [2.24, 2.45) is 0 Å². The molecule has 1 unspecified atom stereocenters. The van der Waals surface area contributed by atoms with Gasteiger partial charge in [0.1, 0.15) is 0 Å². The van der Waals surface area contributed by atoms with Crippen LogP contribution in [0.5, 0.6) is 0 Å². The molecule has 20 heavy (non-hydrogen) atoms. The van der Waals surface area contributed by atoms with Crippen LogP contribution >= 0.6 is 0 Å². The first-order valence-corrected chi connectivity index (χ1v) is 7.42. The largest absolute Gasteiger partial charge is 0.383 e. The van der Waals surface area contributed by atoms with Gasteiger partial charge in [-0.25, -0.2) is 0 Å². The summed E-state index contributed by atoms with van der Waals surface area (Å²) < 4.78 is 0. The monoisotopic (exact) mass is 266 g/mol. The highest BCUT2D eigenvalue weighted by molar-refractivity contribution is 5.76. The molecule has 0 aliphatic carbocycles. The van der Waals surface area contributed by atoms with Gasteiger partial charge in [0.25, 0.3) is 0 Å². The topological polar surface area (TPSA) is 24.1 Å². The standard InChI is InChI=1S/C18H22N2/c1-3-18(2)12-13-19-16-10-6-7-11-17(16)20-15-9-5-4-8-14(15)18/h4-11,19-20H,3,12-13H2,1-2H3. The molecule has 1 aliphatic rings. The van der Waals surface area contributed by atoms with E-state index in [9.17, 15) is 0 Å². The van der Waals surface area contributed by atoms with E-state index in [1.165, 1.54) is 16.9 Å². The summed E-state index contributed by atoms with van der Waals surface area (Å²) in [6.45, 7) is 5.64. The van der Waals surface area contributed by atoms with Crippen LogP contribution in [-0.2, 0) is 5.41 Å². The van der Waals surface area contributed by atoms with Gasteiger partial charge in [0.2, 0.25) is 0 Å². The maximum Gasteiger partial charge on any atom is 0.0620 e. The van der Waals surface area contributed by atoms with Crippen LogP contribution in [0.25, 0.3) is 0 Å². The molecular weight excluding hydrogens is 244 g/mol. The minimum atomic E-state index is 0.207. The molecule has 2 N–H and O–H groups in total. The number of fused-ring (bicyclic) bond motifs is 2. The Morgan fingerprint density at radius 2 is 1.60 bits per heavy atom. The molecule has 2 heteroatoms. The van der Waals surface area contributed by atoms with Crippen LogP contribution in [0.2, 0.25) is 0 Å². The van der Waals surface area contributed by atoms with Gasteiger partial charge in [0.05, 0.1) is 11.4 Å². The quantitative estimate of drug-likeness (QED) is 0.766. The van der Waals surface area contributed by atoms with Gasteiger partial charge < -0.3 is 10.6 Å². The van der Waals surface area contributed by atoms with E-state index in [4.69, 9.17) is 0 Å². The third-order valence-corrected chi connectivity index (χ3v) is 4.55. The summed E-state index contributed by atoms with van der Waals surface area (Å²) in [5, 5.41) is 7.18. The van der Waals surface area contributed by atoms with E-state index in [1.54, 1.807) is 0 Å². The average Bonchev–Trinajstić information content (AvgIpc) is 2.54. The van der Waals surface area contributed by atoms with Crippen molar-refractivity contribution >= 4 is 17.1 Å². The SMILES string of the molecule is CCC1(C)CCNc2ccccc2Nc2ccccc21. The fraction of sp³-hybridized carbons (Fsp3) is 0.333. The van der Waals surface area contributed by atoms with E-state index in [2.05, 4.69) is 73.0 Å². The summed E-state index contributed by atoms with van der Waals surface area (Å²) in [7, 11) is 0. The molecule has 0 aromatic heterocycles. The molecule has 2 nitrogen and oxygen atoms in total. The molecule has 0 radical (unpaired) electrons. The summed E-state index contributed by atoms with van der Waals surface area (Å²) in [6, 6.07) is 17.1. The van der Waals surface area contributed by atoms with Gasteiger partial charge in [0, 0.05) is 12.2 Å². The second-order valence-electron chi connectivity index (χ2n) is 5.81. The predicted molar refractivity (Wildman–Crippen MR) is 86.9 cm³/mol. The van der Waals surface area contributed by atoms with Crippen molar-refractivity contribution in [1.82, 2.24) is 0 Å². The average molecular weight is 266 g/mol. The van der Waals surface area contributed by atoms with Crippen LogP contribution < -0.4 is 10.6 Å². The molecule has 2 aromatic rings. The number of nitrogens with one attached hydrogen (secondary N) is 2. The van der Waals surface area contributed by atoms with Crippen molar-refractivity contribution in [2.45, 2.75) is 32.1 Å². The molecule has 104 valence electrons. The number of para-hydroxylation sites is 3. The summed E-state index contributed by atoms with van der Waals surface area (Å²) in [4.78, 5) is 0. The fourth-order valence-corrected chi connectivity index (χ4v) is 2.98. The molecule has 1 atom stereocenters. The zero-order valence-corrected chi connectivity index (χ0v) is 12.2. The molecule has 0 fully saturated rings. The van der Waals surface area contributed by atoms with Crippen LogP contribution in [0.15, 0.2) is 48.5 Å². The Morgan fingerprint density at radius 3 is 2.35 bits per heavy atom. The number of benzene rings is 2. The van der Waals surface area contributed by atoms with Crippen molar-refractivity contribution in [3.8, 4) is 0 Å². The molecule has 0 bridgehead atoms. The maximum atomic E-state index is 3.61. The van der Waals surface area contributed by atoms with Gasteiger partial charge in [-0.1, -0.05) is 44.2 Å². The summed E-state index contributed by atoms with van der Waals surface area (Å²) in [5.41, 5.74) is 5.19. The number of hydrogen-bond donors (Lipinski definition) is 2. The third kappa shape index (κ3) is 2.26. The lowest BCUT2D eigenvalue weighted by atomic mass is 9.76. The highest BCUT2D eigenvalue weighted by Crippen LogP contribution is 2.39. The van der Waals surface area contributed by atoms with Crippen LogP contribution in [0.4, 0.5) is 17.1 Å². The van der Waals surface area contributed by atoms with Crippen molar-refractivity contribution in [1.29, 1.82) is 0 Å². The van der Waals surface area contributed by atoms with Crippen molar-refractivity contribution in [2.75, 3.05) is 17.2 Å². The van der Waals surface area contributed by atoms with E-state index >= 15 is 0 Å². The molecule has 0 saturated heterocycles. The van der Waals surface area contributed by atoms with Gasteiger partial charge in [-0.3, -0.25) is 0 Å². The predicted octanol–water partition coefficient (Wildman–Crippen LogP) is 4.91. The van der Waals surface area contributed by atoms with Crippen molar-refractivity contribution < 1.29 is 0 Å². The lowest BCUT2D eigenvalue weighted by molar-refractivity contribution is 0.432. The van der Waals surface area contributed by atoms with Crippen molar-refractivity contribution in [3.63, 3.8) is 0 Å². The Morgan fingerprint density at radius 1 is 0.950 bits per heavy atom. The number of anilines is 3. The van der Waals surface area contributed by atoms with E-state index in [1.807, 2.05) is 0 Å². The van der Waals surface area contributed by atoms with E-state index in [0.29, 0.717) is 0 Å². The Bertz CT molecular complexity index is 606. The minimum Gasteiger partial charge on any atom is -0.383 e. The minimum absolute atomic E-state index is 0.207. The van der Waals surface area contributed by atoms with Gasteiger partial charge in [-0.05, 0) is 42.0 Å². The van der Waals surface area contributed by atoms with Gasteiger partial charge >= 0.3 is 0 Å². The van der Waals surface area contributed by atoms with Crippen LogP contribution in [0.1, 0.15) is 32.3 Å². The lowest BCUT2D eigenvalue weighted by Crippen LogP contribution is -2.24. The summed E-state index contributed by atoms with van der Waals surface area (Å²) in [6.07, 6.45) is 2.28. The van der Waals surface area contributed by atoms with Gasteiger partial charge in [-0.2, -0.15) is 0 Å². The first-order chi connectivity index (χ1) is 9.73. The van der Waals surface area contributed by atoms with Crippen molar-refractivity contribution in [3.05, 3.63) is 54.1 Å². The molecular formula is C18H22N2. The summed E-state index contributed by atoms with van der Waals surface area (Å²) in [5.74, 6) is 0. The molecule has 0 spiro atoms. The Balaban J connectivity index is 2.11. The lowest BCUT2D eigenvalue weighted by Gasteiger charge is -2.30. The van der Waals surface area contributed by atoms with Crippen LogP contribution in [0, 0.1) is 0 Å². The van der Waals surface area contributed by atoms with Crippen LogP contribution in [0.3, 0.4) is 0 Å². The molecule has 1 heterocycles. The van der Waals surface area contributed by atoms with E-state index < -0.39 is 0 Å². The smallest absolute Gasteiger partial charge is 0.0620 e. The first-order valence-electron chi connectivity index (χ1n) is 7.42. The molecule has 2 aromatic carbocycles. The highest BCUT2D eigenvalue weighted by atomic mass is 15.0. The van der Waals surface area contributed by atoms with Crippen LogP contribution in [-0.4, -0.2) is 6.54 Å². The third-order valence-electron chi connectivity index (χ3n) is 4.55. The summed E-state index contributed by atoms with van der Waals surface area (Å²) >= 11 is 0. The van der Waals surface area contributed by atoms with E-state index in [-0.39, 0.29) is 5.41 Å². The molecule has 0 saturated carbocycles. The number of rotatable bonds is 1. The fourth-order valence-electron chi connectivity index (χ4n) is 2.98. The zero-order valence-electron chi connectivity index (χ0n) is 12.2. The molecule has 3 rings (SSSR count). The Labute approximate surface area is 121 Å². The number of hydrogen-bond acceptors (Lipinski definition) is 2. The second-order valence-corrected chi connectivity index (χ2v) is 5.81. The zero-order chi connectivity index (χ0) is 14.0. The van der Waals surface area contributed by atoms with E-state index in [0.717, 1.165) is 25.1 Å². The normalized spacial score (nSPS) is 21.3.